The van der Waals surface area contributed by atoms with Gasteiger partial charge in [0, 0.05) is 12.6 Å². The molecule has 2 rings (SSSR count). The van der Waals surface area contributed by atoms with Gasteiger partial charge in [-0.2, -0.15) is 0 Å². The molecule has 1 saturated heterocycles. The van der Waals surface area contributed by atoms with Gasteiger partial charge < -0.3 is 15.4 Å². The number of nitrogens with one attached hydrogen (secondary N) is 2. The fourth-order valence-corrected chi connectivity index (χ4v) is 3.30. The van der Waals surface area contributed by atoms with Gasteiger partial charge in [0.2, 0.25) is 5.91 Å². The maximum atomic E-state index is 12.2. The third-order valence-corrected chi connectivity index (χ3v) is 4.62. The lowest BCUT2D eigenvalue weighted by Crippen LogP contribution is -2.47. The van der Waals surface area contributed by atoms with Crippen molar-refractivity contribution in [2.24, 2.45) is 11.3 Å². The van der Waals surface area contributed by atoms with Crippen LogP contribution in [-0.4, -0.2) is 37.6 Å². The summed E-state index contributed by atoms with van der Waals surface area (Å²) in [6.07, 6.45) is 5.89. The van der Waals surface area contributed by atoms with Crippen LogP contribution in [0.1, 0.15) is 46.0 Å². The number of carbonyl (C=O) groups excluding carboxylic acids is 2. The number of amides is 1. The number of hydrogen-bond acceptors (Lipinski definition) is 4. The first-order chi connectivity index (χ1) is 9.44. The molecular formula is C15H26N2O3. The third-order valence-electron chi connectivity index (χ3n) is 4.62. The van der Waals surface area contributed by atoms with Crippen LogP contribution in [0.5, 0.6) is 0 Å². The molecule has 0 aromatic rings. The summed E-state index contributed by atoms with van der Waals surface area (Å²) < 4.78 is 4.74. The predicted octanol–water partition coefficient (Wildman–Crippen LogP) is 1.22. The Balaban J connectivity index is 1.82. The van der Waals surface area contributed by atoms with Crippen molar-refractivity contribution in [2.45, 2.75) is 58.0 Å². The molecule has 2 fully saturated rings. The zero-order valence-corrected chi connectivity index (χ0v) is 12.7. The molecule has 1 aliphatic carbocycles. The van der Waals surface area contributed by atoms with Crippen molar-refractivity contribution in [1.82, 2.24) is 10.6 Å². The van der Waals surface area contributed by atoms with Gasteiger partial charge in [0.25, 0.3) is 0 Å². The summed E-state index contributed by atoms with van der Waals surface area (Å²) in [4.78, 5) is 23.8. The molecule has 2 aliphatic rings. The summed E-state index contributed by atoms with van der Waals surface area (Å²) in [6, 6.07) is 0.407. The molecule has 20 heavy (non-hydrogen) atoms. The first-order valence-corrected chi connectivity index (χ1v) is 7.56. The normalized spacial score (nSPS) is 29.6. The Bertz CT molecular complexity index is 367. The first kappa shape index (κ1) is 15.3. The molecule has 0 spiro atoms. The Kier molecular flexibility index (Phi) is 4.68. The van der Waals surface area contributed by atoms with E-state index in [9.17, 15) is 9.59 Å². The Hall–Kier alpha value is -1.10. The summed E-state index contributed by atoms with van der Waals surface area (Å²) in [5.41, 5.74) is -0.685. The molecule has 1 saturated carbocycles. The molecule has 0 radical (unpaired) electrons. The summed E-state index contributed by atoms with van der Waals surface area (Å²) >= 11 is 0. The molecule has 114 valence electrons. The second-order valence-electron chi connectivity index (χ2n) is 6.70. The Labute approximate surface area is 120 Å². The van der Waals surface area contributed by atoms with E-state index in [2.05, 4.69) is 10.6 Å². The van der Waals surface area contributed by atoms with Gasteiger partial charge in [0.05, 0.1) is 18.6 Å². The van der Waals surface area contributed by atoms with E-state index in [1.54, 1.807) is 13.8 Å². The highest BCUT2D eigenvalue weighted by atomic mass is 16.5. The lowest BCUT2D eigenvalue weighted by atomic mass is 9.85. The van der Waals surface area contributed by atoms with Gasteiger partial charge in [0.1, 0.15) is 0 Å². The molecule has 1 aliphatic heterocycles. The number of methoxy groups -OCH3 is 1. The number of rotatable bonds is 4. The maximum absolute atomic E-state index is 12.2. The molecule has 5 nitrogen and oxygen atoms in total. The lowest BCUT2D eigenvalue weighted by molar-refractivity contribution is -0.150. The Morgan fingerprint density at radius 3 is 2.65 bits per heavy atom. The van der Waals surface area contributed by atoms with Crippen LogP contribution in [0.3, 0.4) is 0 Å². The lowest BCUT2D eigenvalue weighted by Gasteiger charge is -2.24. The second kappa shape index (κ2) is 6.12. The van der Waals surface area contributed by atoms with E-state index in [1.807, 2.05) is 0 Å². The Morgan fingerprint density at radius 1 is 1.30 bits per heavy atom. The average Bonchev–Trinajstić information content (AvgIpc) is 2.87. The highest BCUT2D eigenvalue weighted by Gasteiger charge is 2.39. The van der Waals surface area contributed by atoms with Crippen molar-refractivity contribution in [1.29, 1.82) is 0 Å². The first-order valence-electron chi connectivity index (χ1n) is 7.56. The fourth-order valence-electron chi connectivity index (χ4n) is 3.30. The minimum atomic E-state index is -0.685. The monoisotopic (exact) mass is 282 g/mol. The van der Waals surface area contributed by atoms with Gasteiger partial charge in [-0.1, -0.05) is 12.8 Å². The average molecular weight is 282 g/mol. The van der Waals surface area contributed by atoms with Gasteiger partial charge in [0.15, 0.2) is 0 Å². The number of esters is 1. The van der Waals surface area contributed by atoms with E-state index in [-0.39, 0.29) is 17.9 Å². The van der Waals surface area contributed by atoms with Crippen LogP contribution in [0.2, 0.25) is 0 Å². The van der Waals surface area contributed by atoms with Gasteiger partial charge in [-0.25, -0.2) is 0 Å². The van der Waals surface area contributed by atoms with E-state index < -0.39 is 5.41 Å². The van der Waals surface area contributed by atoms with Gasteiger partial charge in [-0.05, 0) is 39.0 Å². The van der Waals surface area contributed by atoms with Gasteiger partial charge in [-0.15, -0.1) is 0 Å². The number of carbonyl (C=O) groups is 2. The van der Waals surface area contributed by atoms with Crippen LogP contribution in [-0.2, 0) is 14.3 Å². The largest absolute Gasteiger partial charge is 0.469 e. The minimum Gasteiger partial charge on any atom is -0.469 e. The summed E-state index contributed by atoms with van der Waals surface area (Å²) in [5.74, 6) is 0.357. The van der Waals surface area contributed by atoms with Crippen molar-refractivity contribution >= 4 is 11.9 Å². The molecule has 0 bridgehead atoms. The molecule has 3 unspecified atom stereocenters. The summed E-state index contributed by atoms with van der Waals surface area (Å²) in [7, 11) is 1.37. The maximum Gasteiger partial charge on any atom is 0.313 e. The van der Waals surface area contributed by atoms with E-state index >= 15 is 0 Å². The minimum absolute atomic E-state index is 0.0105. The molecule has 5 heteroatoms. The second-order valence-corrected chi connectivity index (χ2v) is 6.70. The molecule has 3 atom stereocenters. The zero-order chi connectivity index (χ0) is 14.8. The molecule has 1 amide bonds. The number of hydrogen-bond donors (Lipinski definition) is 2. The topological polar surface area (TPSA) is 67.4 Å². The van der Waals surface area contributed by atoms with Crippen LogP contribution in [0.4, 0.5) is 0 Å². The molecule has 2 N–H and O–H groups in total. The van der Waals surface area contributed by atoms with Crippen LogP contribution in [0, 0.1) is 11.3 Å². The smallest absolute Gasteiger partial charge is 0.313 e. The molecule has 0 aromatic heterocycles. The van der Waals surface area contributed by atoms with E-state index in [0.29, 0.717) is 18.5 Å². The van der Waals surface area contributed by atoms with E-state index in [4.69, 9.17) is 4.74 Å². The fraction of sp³-hybridized carbons (Fsp3) is 0.867. The highest BCUT2D eigenvalue weighted by Crippen LogP contribution is 2.33. The third kappa shape index (κ3) is 3.32. The highest BCUT2D eigenvalue weighted by molar-refractivity contribution is 5.83. The van der Waals surface area contributed by atoms with Crippen LogP contribution in [0.15, 0.2) is 0 Å². The standard InChI is InChI=1S/C15H26N2O3/c1-15(2,14(19)20-3)9-16-13(18)12-8-10-6-4-5-7-11(10)17-12/h10-12,17H,4-9H2,1-3H3,(H,16,18). The SMILES string of the molecule is COC(=O)C(C)(C)CNC(=O)C1CC2CCCCC2N1. The Morgan fingerprint density at radius 2 is 2.00 bits per heavy atom. The van der Waals surface area contributed by atoms with Gasteiger partial charge >= 0.3 is 5.97 Å². The van der Waals surface area contributed by atoms with E-state index in [1.165, 1.54) is 32.8 Å². The molecular weight excluding hydrogens is 256 g/mol. The van der Waals surface area contributed by atoms with Crippen molar-refractivity contribution in [3.63, 3.8) is 0 Å². The van der Waals surface area contributed by atoms with Gasteiger partial charge in [-0.3, -0.25) is 9.59 Å². The van der Waals surface area contributed by atoms with Crippen molar-refractivity contribution in [3.05, 3.63) is 0 Å². The quantitative estimate of drug-likeness (QED) is 0.761. The van der Waals surface area contributed by atoms with Crippen LogP contribution < -0.4 is 10.6 Å². The predicted molar refractivity (Wildman–Crippen MR) is 76.1 cm³/mol. The summed E-state index contributed by atoms with van der Waals surface area (Å²) in [6.45, 7) is 3.87. The molecule has 1 heterocycles. The number of ether oxygens (including phenoxy) is 1. The summed E-state index contributed by atoms with van der Waals surface area (Å²) in [5, 5.41) is 6.33. The zero-order valence-electron chi connectivity index (χ0n) is 12.7. The molecule has 0 aromatic carbocycles. The van der Waals surface area contributed by atoms with Crippen LogP contribution in [0.25, 0.3) is 0 Å². The van der Waals surface area contributed by atoms with Crippen molar-refractivity contribution in [3.8, 4) is 0 Å². The van der Waals surface area contributed by atoms with E-state index in [0.717, 1.165) is 6.42 Å². The number of fused-ring (bicyclic) bond motifs is 1. The van der Waals surface area contributed by atoms with Crippen molar-refractivity contribution in [2.75, 3.05) is 13.7 Å². The van der Waals surface area contributed by atoms with Crippen molar-refractivity contribution < 1.29 is 14.3 Å². The van der Waals surface area contributed by atoms with Crippen LogP contribution >= 0.6 is 0 Å².